The molecule has 1 aliphatic heterocycles. The molecule has 6 heteroatoms. The van der Waals surface area contributed by atoms with Gasteiger partial charge in [0.2, 0.25) is 0 Å². The average Bonchev–Trinajstić information content (AvgIpc) is 3.28. The van der Waals surface area contributed by atoms with E-state index in [1.54, 1.807) is 11.3 Å². The van der Waals surface area contributed by atoms with Crippen LogP contribution in [0, 0.1) is 5.92 Å². The van der Waals surface area contributed by atoms with E-state index in [4.69, 9.17) is 9.98 Å². The fourth-order valence-electron chi connectivity index (χ4n) is 3.66. The smallest absolute Gasteiger partial charge is 0.191 e. The first-order valence-corrected chi connectivity index (χ1v) is 10.9. The quantitative estimate of drug-likeness (QED) is 0.601. The zero-order chi connectivity index (χ0) is 17.5. The van der Waals surface area contributed by atoms with Gasteiger partial charge in [0.25, 0.3) is 0 Å². The SMILES string of the molecule is CCNC(=NCCc1csc(N2CCCC2)n1)NC1CCC(C)CC1. The Morgan fingerprint density at radius 1 is 1.28 bits per heavy atom. The van der Waals surface area contributed by atoms with Gasteiger partial charge in [0, 0.05) is 44.0 Å². The predicted octanol–water partition coefficient (Wildman–Crippen LogP) is 3.42. The van der Waals surface area contributed by atoms with Gasteiger partial charge in [0.05, 0.1) is 5.69 Å². The molecular formula is C19H33N5S. The summed E-state index contributed by atoms with van der Waals surface area (Å²) in [4.78, 5) is 12.0. The van der Waals surface area contributed by atoms with Gasteiger partial charge in [-0.05, 0) is 51.4 Å². The molecular weight excluding hydrogens is 330 g/mol. The molecule has 3 rings (SSSR count). The molecule has 0 bridgehead atoms. The van der Waals surface area contributed by atoms with Crippen molar-refractivity contribution in [2.24, 2.45) is 10.9 Å². The number of hydrogen-bond donors (Lipinski definition) is 2. The van der Waals surface area contributed by atoms with Gasteiger partial charge in [-0.25, -0.2) is 4.98 Å². The van der Waals surface area contributed by atoms with Crippen molar-refractivity contribution in [3.8, 4) is 0 Å². The minimum Gasteiger partial charge on any atom is -0.357 e. The Morgan fingerprint density at radius 2 is 2.04 bits per heavy atom. The Hall–Kier alpha value is -1.30. The number of thiazole rings is 1. The monoisotopic (exact) mass is 363 g/mol. The third kappa shape index (κ3) is 5.59. The zero-order valence-electron chi connectivity index (χ0n) is 15.8. The fourth-order valence-corrected chi connectivity index (χ4v) is 4.58. The van der Waals surface area contributed by atoms with Crippen LogP contribution in [0.2, 0.25) is 0 Å². The molecule has 1 aromatic rings. The molecule has 2 heterocycles. The van der Waals surface area contributed by atoms with Crippen molar-refractivity contribution in [1.82, 2.24) is 15.6 Å². The number of nitrogens with one attached hydrogen (secondary N) is 2. The van der Waals surface area contributed by atoms with Crippen LogP contribution in [0.5, 0.6) is 0 Å². The molecule has 2 fully saturated rings. The van der Waals surface area contributed by atoms with Gasteiger partial charge in [-0.15, -0.1) is 11.3 Å². The lowest BCUT2D eigenvalue weighted by Crippen LogP contribution is -2.44. The zero-order valence-corrected chi connectivity index (χ0v) is 16.6. The first-order valence-electron chi connectivity index (χ1n) is 9.98. The van der Waals surface area contributed by atoms with Crippen LogP contribution in [0.3, 0.4) is 0 Å². The third-order valence-electron chi connectivity index (χ3n) is 5.25. The highest BCUT2D eigenvalue weighted by Crippen LogP contribution is 2.25. The van der Waals surface area contributed by atoms with E-state index in [9.17, 15) is 0 Å². The van der Waals surface area contributed by atoms with Crippen LogP contribution in [0.15, 0.2) is 10.4 Å². The Labute approximate surface area is 156 Å². The summed E-state index contributed by atoms with van der Waals surface area (Å²) >= 11 is 1.78. The Balaban J connectivity index is 1.47. The minimum absolute atomic E-state index is 0.579. The van der Waals surface area contributed by atoms with Crippen molar-refractivity contribution in [2.45, 2.75) is 64.8 Å². The van der Waals surface area contributed by atoms with E-state index in [-0.39, 0.29) is 0 Å². The summed E-state index contributed by atoms with van der Waals surface area (Å²) in [6.07, 6.45) is 8.70. The minimum atomic E-state index is 0.579. The van der Waals surface area contributed by atoms with E-state index in [1.807, 2.05) is 0 Å². The topological polar surface area (TPSA) is 52.6 Å². The first kappa shape index (κ1) is 18.5. The molecule has 0 atom stereocenters. The second kappa shape index (κ2) is 9.41. The molecule has 1 saturated heterocycles. The molecule has 0 spiro atoms. The van der Waals surface area contributed by atoms with Crippen LogP contribution in [0.4, 0.5) is 5.13 Å². The molecule has 2 N–H and O–H groups in total. The van der Waals surface area contributed by atoms with Gasteiger partial charge in [0.1, 0.15) is 0 Å². The van der Waals surface area contributed by atoms with E-state index in [0.717, 1.165) is 31.4 Å². The standard InChI is InChI=1S/C19H33N5S/c1-3-20-18(22-16-8-6-15(2)7-9-16)21-11-10-17-14-25-19(23-17)24-12-4-5-13-24/h14-16H,3-13H2,1-2H3,(H2,20,21,22). The lowest BCUT2D eigenvalue weighted by atomic mass is 9.87. The summed E-state index contributed by atoms with van der Waals surface area (Å²) in [6.45, 7) is 8.52. The van der Waals surface area contributed by atoms with Crippen molar-refractivity contribution < 1.29 is 0 Å². The lowest BCUT2D eigenvalue weighted by molar-refractivity contribution is 0.329. The van der Waals surface area contributed by atoms with Crippen molar-refractivity contribution >= 4 is 22.4 Å². The normalized spacial score (nSPS) is 24.6. The summed E-state index contributed by atoms with van der Waals surface area (Å²) in [7, 11) is 0. The van der Waals surface area contributed by atoms with Gasteiger partial charge in [-0.1, -0.05) is 6.92 Å². The highest BCUT2D eigenvalue weighted by molar-refractivity contribution is 7.13. The molecule has 25 heavy (non-hydrogen) atoms. The first-order chi connectivity index (χ1) is 12.2. The average molecular weight is 364 g/mol. The van der Waals surface area contributed by atoms with Crippen LogP contribution >= 0.6 is 11.3 Å². The van der Waals surface area contributed by atoms with Crippen LogP contribution in [0.25, 0.3) is 0 Å². The maximum Gasteiger partial charge on any atom is 0.191 e. The van der Waals surface area contributed by atoms with E-state index in [1.165, 1.54) is 62.4 Å². The van der Waals surface area contributed by atoms with Crippen LogP contribution in [0.1, 0.15) is 58.1 Å². The predicted molar refractivity (Wildman–Crippen MR) is 108 cm³/mol. The van der Waals surface area contributed by atoms with E-state index in [2.05, 4.69) is 34.8 Å². The highest BCUT2D eigenvalue weighted by atomic mass is 32.1. The Kier molecular flexibility index (Phi) is 6.96. The van der Waals surface area contributed by atoms with Crippen LogP contribution in [-0.2, 0) is 6.42 Å². The van der Waals surface area contributed by atoms with Gasteiger partial charge >= 0.3 is 0 Å². The summed E-state index contributed by atoms with van der Waals surface area (Å²) in [5.41, 5.74) is 1.18. The molecule has 0 radical (unpaired) electrons. The molecule has 1 aromatic heterocycles. The molecule has 140 valence electrons. The number of aliphatic imine (C=N–C) groups is 1. The van der Waals surface area contributed by atoms with Gasteiger partial charge < -0.3 is 15.5 Å². The highest BCUT2D eigenvalue weighted by Gasteiger charge is 2.19. The third-order valence-corrected chi connectivity index (χ3v) is 6.21. The number of nitrogens with zero attached hydrogens (tertiary/aromatic N) is 3. The molecule has 2 aliphatic rings. The van der Waals surface area contributed by atoms with Gasteiger partial charge in [-0.3, -0.25) is 4.99 Å². The summed E-state index contributed by atoms with van der Waals surface area (Å²) in [6, 6.07) is 0.579. The molecule has 1 saturated carbocycles. The number of rotatable bonds is 6. The summed E-state index contributed by atoms with van der Waals surface area (Å²) in [5, 5.41) is 10.4. The largest absolute Gasteiger partial charge is 0.357 e. The van der Waals surface area contributed by atoms with Gasteiger partial charge in [0.15, 0.2) is 11.1 Å². The molecule has 0 aromatic carbocycles. The fraction of sp³-hybridized carbons (Fsp3) is 0.789. The second-order valence-corrected chi connectivity index (χ2v) is 8.26. The van der Waals surface area contributed by atoms with Crippen LogP contribution in [-0.4, -0.2) is 43.2 Å². The van der Waals surface area contributed by atoms with E-state index < -0.39 is 0 Å². The molecule has 0 amide bonds. The number of anilines is 1. The van der Waals surface area contributed by atoms with Crippen molar-refractivity contribution in [3.63, 3.8) is 0 Å². The van der Waals surface area contributed by atoms with Crippen molar-refractivity contribution in [2.75, 3.05) is 31.1 Å². The summed E-state index contributed by atoms with van der Waals surface area (Å²) in [5.74, 6) is 1.85. The number of hydrogen-bond acceptors (Lipinski definition) is 4. The molecule has 5 nitrogen and oxygen atoms in total. The molecule has 0 unspecified atom stereocenters. The van der Waals surface area contributed by atoms with E-state index in [0.29, 0.717) is 6.04 Å². The second-order valence-electron chi connectivity index (χ2n) is 7.43. The maximum absolute atomic E-state index is 4.79. The Bertz CT molecular complexity index is 542. The number of aromatic nitrogens is 1. The lowest BCUT2D eigenvalue weighted by Gasteiger charge is -2.28. The van der Waals surface area contributed by atoms with Crippen molar-refractivity contribution in [3.05, 3.63) is 11.1 Å². The van der Waals surface area contributed by atoms with Crippen LogP contribution < -0.4 is 15.5 Å². The maximum atomic E-state index is 4.79. The van der Waals surface area contributed by atoms with Crippen molar-refractivity contribution in [1.29, 1.82) is 0 Å². The van der Waals surface area contributed by atoms with E-state index >= 15 is 0 Å². The number of guanidine groups is 1. The Morgan fingerprint density at radius 3 is 2.76 bits per heavy atom. The molecule has 1 aliphatic carbocycles. The van der Waals surface area contributed by atoms with Gasteiger partial charge in [-0.2, -0.15) is 0 Å². The summed E-state index contributed by atoms with van der Waals surface area (Å²) < 4.78 is 0.